The first-order valence-electron chi connectivity index (χ1n) is 38.9. The fourth-order valence-corrected chi connectivity index (χ4v) is 21.2. The van der Waals surface area contributed by atoms with Gasteiger partial charge in [0.15, 0.2) is 0 Å². The van der Waals surface area contributed by atoms with Crippen molar-refractivity contribution in [3.05, 3.63) is 262 Å². The lowest BCUT2D eigenvalue weighted by Gasteiger charge is -2.33. The number of para-hydroxylation sites is 2. The molecule has 0 saturated carbocycles. The van der Waals surface area contributed by atoms with E-state index in [-0.39, 0.29) is 38.2 Å². The molecule has 4 aliphatic heterocycles. The van der Waals surface area contributed by atoms with Crippen molar-refractivity contribution < 1.29 is 75.4 Å². The van der Waals surface area contributed by atoms with Crippen LogP contribution >= 0.6 is 0 Å². The van der Waals surface area contributed by atoms with Gasteiger partial charge in [0.1, 0.15) is 11.5 Å². The summed E-state index contributed by atoms with van der Waals surface area (Å²) in [7, 11) is -9.92. The van der Waals surface area contributed by atoms with Crippen LogP contribution < -0.4 is 9.47 Å². The predicted molar refractivity (Wildman–Crippen MR) is 437 cm³/mol. The van der Waals surface area contributed by atoms with Crippen molar-refractivity contribution in [1.29, 1.82) is 5.26 Å². The fraction of sp³-hybridized carbons (Fsp3) is 0.337. The molecule has 5 aliphatic rings. The van der Waals surface area contributed by atoms with Crippen LogP contribution in [0, 0.1) is 31.1 Å². The summed E-state index contributed by atoms with van der Waals surface area (Å²) in [6.07, 6.45) is 5.43. The number of carbonyl (C=O) groups is 2. The average molecular weight is 1660 g/mol. The summed E-state index contributed by atoms with van der Waals surface area (Å²) in [6, 6.07) is 52.0. The fourth-order valence-electron chi connectivity index (χ4n) is 16.5. The van der Waals surface area contributed by atoms with Gasteiger partial charge in [0.25, 0.3) is 5.91 Å². The highest BCUT2D eigenvalue weighted by Crippen LogP contribution is 2.43. The second kappa shape index (κ2) is 34.9. The number of aromatic amines is 3. The first-order chi connectivity index (χ1) is 55.7. The highest BCUT2D eigenvalue weighted by atomic mass is 32.2. The van der Waals surface area contributed by atoms with Gasteiger partial charge in [-0.3, -0.25) is 4.79 Å². The van der Waals surface area contributed by atoms with E-state index in [1.807, 2.05) is 60.9 Å². The molecule has 11 aromatic rings. The molecule has 16 rings (SSSR count). The molecule has 3 aromatic heterocycles. The third kappa shape index (κ3) is 19.2. The first kappa shape index (κ1) is 84.4. The molecule has 19 nitrogen and oxygen atoms in total. The number of nitrogens with one attached hydrogen (secondary N) is 3. The number of piperidine rings is 4. The summed E-state index contributed by atoms with van der Waals surface area (Å²) < 4.78 is 171. The summed E-state index contributed by atoms with van der Waals surface area (Å²) >= 11 is 0. The molecular formula is C89H92F6N8O11S3. The lowest BCUT2D eigenvalue weighted by atomic mass is 9.85. The minimum absolute atomic E-state index is 0.0122. The summed E-state index contributed by atoms with van der Waals surface area (Å²) in [5.41, 5.74) is 15.1. The van der Waals surface area contributed by atoms with E-state index in [4.69, 9.17) is 4.74 Å². The molecule has 0 unspecified atom stereocenters. The predicted octanol–water partition coefficient (Wildman–Crippen LogP) is 18.8. The monoisotopic (exact) mass is 1660 g/mol. The molecule has 7 heterocycles. The molecule has 0 bridgehead atoms. The number of nitrogens with zero attached hydrogens (tertiary/aromatic N) is 5. The number of alkyl halides is 6. The zero-order chi connectivity index (χ0) is 83.4. The maximum Gasteiger partial charge on any atom is 0.573 e. The standard InChI is InChI=1S/C24H30N2O2S.C23H22F3NO2.C22H21N3O4S.C20H19F3N2O3S/c1-17-5-10-23-21(15-17)22(16-25-23)18-11-13-26(14-12-18)29(27,28)20-8-6-19(7-9-20)24(2,3)4;1-15-5-4-7-19-17(15)9-10-18(19)16-11-13-27(14-12-16)22(28)20-6-2-3-8-21(20)29-23(24,25)26;1-29-22(26)17-4-2-3-5-21(17)30(27,28)25-10-8-16(9-11-25)19-14-24-20-7-6-15(13-23)12-18(19)20;21-20(22,23)28-15-4-3-5-16(12-15)29(26,27)25-10-8-14(9-11-25)18-13-24-19-7-2-1-6-17(18)19/h5-10,15-16,18,25H,11-14H2,1-4H3;2-8,10,16H,9,11-14H2,1H3;2-7,12,14,16,24H,8-11H2,1H3;1-7,12-14,24H,8-11H2. The van der Waals surface area contributed by atoms with Gasteiger partial charge in [0.05, 0.1) is 44.6 Å². The van der Waals surface area contributed by atoms with Crippen LogP contribution in [0.15, 0.2) is 215 Å². The minimum Gasteiger partial charge on any atom is -0.465 e. The Morgan fingerprint density at radius 1 is 0.487 bits per heavy atom. The van der Waals surface area contributed by atoms with Crippen molar-refractivity contribution in [3.63, 3.8) is 0 Å². The van der Waals surface area contributed by atoms with Crippen molar-refractivity contribution in [2.24, 2.45) is 5.92 Å². The summed E-state index contributed by atoms with van der Waals surface area (Å²) in [5, 5.41) is 12.6. The number of likely N-dealkylation sites (tertiary alicyclic amines) is 1. The Balaban J connectivity index is 0.000000135. The molecule has 28 heteroatoms. The minimum atomic E-state index is -4.87. The Bertz CT molecular complexity index is 5880. The van der Waals surface area contributed by atoms with E-state index in [1.165, 1.54) is 103 Å². The third-order valence-electron chi connectivity index (χ3n) is 22.8. The van der Waals surface area contributed by atoms with Gasteiger partial charge in [0.2, 0.25) is 30.1 Å². The molecule has 4 fully saturated rings. The number of ether oxygens (including phenoxy) is 3. The van der Waals surface area contributed by atoms with E-state index in [0.717, 1.165) is 82.7 Å². The van der Waals surface area contributed by atoms with E-state index in [1.54, 1.807) is 45.6 Å². The van der Waals surface area contributed by atoms with Crippen LogP contribution in [-0.4, -0.2) is 142 Å². The van der Waals surface area contributed by atoms with Gasteiger partial charge >= 0.3 is 18.7 Å². The smallest absolute Gasteiger partial charge is 0.465 e. The van der Waals surface area contributed by atoms with Gasteiger partial charge in [-0.25, -0.2) is 30.0 Å². The largest absolute Gasteiger partial charge is 0.573 e. The lowest BCUT2D eigenvalue weighted by molar-refractivity contribution is -0.275. The van der Waals surface area contributed by atoms with Crippen molar-refractivity contribution in [1.82, 2.24) is 32.8 Å². The number of fused-ring (bicyclic) bond motifs is 4. The Labute approximate surface area is 677 Å². The topological polar surface area (TPSA) is 248 Å². The number of esters is 1. The van der Waals surface area contributed by atoms with E-state index >= 15 is 0 Å². The van der Waals surface area contributed by atoms with E-state index in [0.29, 0.717) is 100 Å². The van der Waals surface area contributed by atoms with Gasteiger partial charge in [-0.1, -0.05) is 117 Å². The van der Waals surface area contributed by atoms with Crippen molar-refractivity contribution >= 4 is 80.2 Å². The van der Waals surface area contributed by atoms with Crippen molar-refractivity contribution in [2.75, 3.05) is 59.5 Å². The van der Waals surface area contributed by atoms with Crippen LogP contribution in [0.3, 0.4) is 0 Å². The molecule has 1 amide bonds. The maximum atomic E-state index is 13.2. The zero-order valence-corrected chi connectivity index (χ0v) is 68.1. The number of benzene rings is 8. The number of hydrogen-bond donors (Lipinski definition) is 3. The van der Waals surface area contributed by atoms with E-state index in [9.17, 15) is 66.4 Å². The first-order valence-corrected chi connectivity index (χ1v) is 43.2. The summed E-state index contributed by atoms with van der Waals surface area (Å²) in [5.74, 6) is -0.921. The van der Waals surface area contributed by atoms with Crippen LogP contribution in [0.1, 0.15) is 161 Å². The number of halogens is 6. The average Bonchev–Trinajstić information content (AvgIpc) is 1.75. The molecule has 4 saturated heterocycles. The SMILES string of the molecule is COC(=O)c1ccccc1S(=O)(=O)N1CCC(c2c[nH]c3ccc(C#N)cc23)CC1.Cc1ccc2[nH]cc(C3CCN(S(=O)(=O)c4ccc(C(C)(C)C)cc4)CC3)c2c1.Cc1cccc2c1CC=C2C1CCN(C(=O)c2ccccc2OC(F)(F)F)CC1.O=S(=O)(c1cccc(OC(F)(F)F)c1)N1CCC(c2c[nH]c3ccccc23)CC1. The Hall–Kier alpha value is -10.5. The number of H-pyrrole nitrogens is 3. The molecule has 1 aliphatic carbocycles. The number of aromatic nitrogens is 3. The second-order valence-electron chi connectivity index (χ2n) is 31.1. The number of amides is 1. The van der Waals surface area contributed by atoms with Gasteiger partial charge in [-0.15, -0.1) is 26.3 Å². The van der Waals surface area contributed by atoms with Gasteiger partial charge in [-0.05, 0) is 230 Å². The lowest BCUT2D eigenvalue weighted by Crippen LogP contribution is -2.39. The van der Waals surface area contributed by atoms with Crippen molar-refractivity contribution in [3.8, 4) is 17.6 Å². The third-order valence-corrected chi connectivity index (χ3v) is 28.5. The number of carbonyl (C=O) groups excluding carboxylic acids is 2. The summed E-state index contributed by atoms with van der Waals surface area (Å²) in [6.45, 7) is 14.1. The number of aryl methyl sites for hydroxylation is 2. The van der Waals surface area contributed by atoms with E-state index < -0.39 is 66.2 Å². The number of allylic oxidation sites excluding steroid dienone is 2. The van der Waals surface area contributed by atoms with Crippen LogP contribution in [0.25, 0.3) is 38.3 Å². The van der Waals surface area contributed by atoms with Crippen molar-refractivity contribution in [2.45, 2.75) is 143 Å². The molecular weight excluding hydrogens is 1570 g/mol. The Kier molecular flexibility index (Phi) is 25.2. The number of nitriles is 1. The quantitative estimate of drug-likeness (QED) is 0.0679. The Morgan fingerprint density at radius 2 is 0.983 bits per heavy atom. The van der Waals surface area contributed by atoms with Crippen LogP contribution in [0.4, 0.5) is 26.3 Å². The van der Waals surface area contributed by atoms with Crippen LogP contribution in [0.2, 0.25) is 0 Å². The normalized spacial score (nSPS) is 16.7. The number of sulfonamides is 3. The molecule has 0 atom stereocenters. The van der Waals surface area contributed by atoms with Crippen LogP contribution in [0.5, 0.6) is 11.5 Å². The van der Waals surface area contributed by atoms with Gasteiger partial charge in [0, 0.05) is 110 Å². The molecule has 0 spiro atoms. The molecule has 3 N–H and O–H groups in total. The molecule has 0 radical (unpaired) electrons. The maximum absolute atomic E-state index is 13.2. The number of methoxy groups -OCH3 is 1. The second-order valence-corrected chi connectivity index (χ2v) is 36.9. The zero-order valence-electron chi connectivity index (χ0n) is 65.6. The highest BCUT2D eigenvalue weighted by Gasteiger charge is 2.39. The Morgan fingerprint density at radius 3 is 1.56 bits per heavy atom. The van der Waals surface area contributed by atoms with Gasteiger partial charge in [-0.2, -0.15) is 18.2 Å². The number of rotatable bonds is 14. The number of hydrogen-bond acceptors (Lipinski definition) is 12. The van der Waals surface area contributed by atoms with Crippen LogP contribution in [-0.2, 0) is 46.6 Å². The summed E-state index contributed by atoms with van der Waals surface area (Å²) in [4.78, 5) is 36.5. The highest BCUT2D eigenvalue weighted by molar-refractivity contribution is 7.89. The molecule has 117 heavy (non-hydrogen) atoms. The van der Waals surface area contributed by atoms with E-state index in [2.05, 4.69) is 114 Å². The van der Waals surface area contributed by atoms with Gasteiger partial charge < -0.3 is 34.1 Å². The molecule has 8 aromatic carbocycles. The molecule has 614 valence electrons.